The van der Waals surface area contributed by atoms with Crippen molar-refractivity contribution in [2.45, 2.75) is 36.9 Å². The molecule has 2 atom stereocenters. The van der Waals surface area contributed by atoms with E-state index in [0.29, 0.717) is 24.6 Å². The maximum Gasteiger partial charge on any atom is 0.240 e. The summed E-state index contributed by atoms with van der Waals surface area (Å²) in [6.07, 6.45) is 0.589. The average molecular weight is 319 g/mol. The van der Waals surface area contributed by atoms with Gasteiger partial charge in [0.25, 0.3) is 0 Å². The maximum atomic E-state index is 12.4. The second-order valence-corrected chi connectivity index (χ2v) is 7.00. The first-order valence-electron chi connectivity index (χ1n) is 6.51. The number of sulfonamides is 1. The van der Waals surface area contributed by atoms with Crippen molar-refractivity contribution in [2.24, 2.45) is 0 Å². The lowest BCUT2D eigenvalue weighted by Crippen LogP contribution is -2.39. The highest BCUT2D eigenvalue weighted by Gasteiger charge is 2.29. The Kier molecular flexibility index (Phi) is 5.04. The normalized spacial score (nSPS) is 23.1. The Hall–Kier alpha value is -0.660. The second-order valence-electron chi connectivity index (χ2n) is 4.88. The molecule has 112 valence electrons. The lowest BCUT2D eigenvalue weighted by atomic mass is 10.2. The number of rotatable bonds is 5. The molecule has 1 heterocycles. The molecule has 1 aliphatic heterocycles. The summed E-state index contributed by atoms with van der Waals surface area (Å²) in [5.41, 5.74) is 0.757. The van der Waals surface area contributed by atoms with Crippen molar-refractivity contribution in [1.82, 2.24) is 10.0 Å². The summed E-state index contributed by atoms with van der Waals surface area (Å²) in [6.45, 7) is 2.97. The minimum absolute atomic E-state index is 0.103. The third-order valence-electron chi connectivity index (χ3n) is 3.38. The van der Waals surface area contributed by atoms with Gasteiger partial charge in [-0.05, 0) is 44.2 Å². The Balaban J connectivity index is 2.22. The van der Waals surface area contributed by atoms with Gasteiger partial charge < -0.3 is 10.1 Å². The summed E-state index contributed by atoms with van der Waals surface area (Å²) in [7, 11) is -1.77. The molecule has 20 heavy (non-hydrogen) atoms. The first-order valence-corrected chi connectivity index (χ1v) is 8.37. The van der Waals surface area contributed by atoms with Crippen molar-refractivity contribution in [3.05, 3.63) is 28.8 Å². The third-order valence-corrected chi connectivity index (χ3v) is 5.23. The van der Waals surface area contributed by atoms with Crippen LogP contribution in [0.2, 0.25) is 5.02 Å². The topological polar surface area (TPSA) is 67.4 Å². The predicted molar refractivity (Wildman–Crippen MR) is 78.4 cm³/mol. The van der Waals surface area contributed by atoms with Crippen molar-refractivity contribution in [3.8, 4) is 0 Å². The van der Waals surface area contributed by atoms with Crippen LogP contribution in [-0.4, -0.2) is 34.2 Å². The zero-order valence-corrected chi connectivity index (χ0v) is 13.1. The van der Waals surface area contributed by atoms with E-state index in [1.807, 2.05) is 6.92 Å². The Morgan fingerprint density at radius 3 is 2.80 bits per heavy atom. The van der Waals surface area contributed by atoms with Gasteiger partial charge in [0.1, 0.15) is 0 Å². The Bertz CT molecular complexity index is 577. The van der Waals surface area contributed by atoms with Gasteiger partial charge in [0.2, 0.25) is 10.0 Å². The quantitative estimate of drug-likeness (QED) is 0.863. The summed E-state index contributed by atoms with van der Waals surface area (Å²) in [4.78, 5) is 0.228. The molecule has 0 aromatic heterocycles. The molecule has 0 amide bonds. The fourth-order valence-electron chi connectivity index (χ4n) is 2.20. The number of benzene rings is 1. The summed E-state index contributed by atoms with van der Waals surface area (Å²) in [5, 5.41) is 3.52. The van der Waals surface area contributed by atoms with Crippen LogP contribution in [0.25, 0.3) is 0 Å². The van der Waals surface area contributed by atoms with Gasteiger partial charge in [-0.25, -0.2) is 13.1 Å². The van der Waals surface area contributed by atoms with Crippen molar-refractivity contribution >= 4 is 21.6 Å². The van der Waals surface area contributed by atoms with E-state index in [1.165, 1.54) is 6.07 Å². The number of nitrogens with one attached hydrogen (secondary N) is 2. The summed E-state index contributed by atoms with van der Waals surface area (Å²) in [6, 6.07) is 4.55. The van der Waals surface area contributed by atoms with Crippen LogP contribution in [0.15, 0.2) is 23.1 Å². The van der Waals surface area contributed by atoms with Crippen LogP contribution in [0.5, 0.6) is 0 Å². The van der Waals surface area contributed by atoms with Crippen molar-refractivity contribution < 1.29 is 13.2 Å². The van der Waals surface area contributed by atoms with E-state index in [9.17, 15) is 8.42 Å². The van der Waals surface area contributed by atoms with Gasteiger partial charge in [-0.3, -0.25) is 0 Å². The fraction of sp³-hybridized carbons (Fsp3) is 0.538. The average Bonchev–Trinajstić information content (AvgIpc) is 2.77. The van der Waals surface area contributed by atoms with Crippen LogP contribution in [0.4, 0.5) is 0 Å². The summed E-state index contributed by atoms with van der Waals surface area (Å²) in [5.74, 6) is 0. The van der Waals surface area contributed by atoms with E-state index in [0.717, 1.165) is 5.56 Å². The van der Waals surface area contributed by atoms with Gasteiger partial charge in [-0.15, -0.1) is 0 Å². The Morgan fingerprint density at radius 1 is 1.45 bits per heavy atom. The van der Waals surface area contributed by atoms with Crippen LogP contribution < -0.4 is 10.0 Å². The van der Waals surface area contributed by atoms with Crippen LogP contribution in [0, 0.1) is 0 Å². The van der Waals surface area contributed by atoms with Gasteiger partial charge >= 0.3 is 0 Å². The molecular formula is C13H19ClN2O3S. The molecule has 0 spiro atoms. The molecule has 0 saturated carbocycles. The number of hydrogen-bond acceptors (Lipinski definition) is 4. The smallest absolute Gasteiger partial charge is 0.240 e. The van der Waals surface area contributed by atoms with Crippen molar-refractivity contribution in [2.75, 3.05) is 13.7 Å². The summed E-state index contributed by atoms with van der Waals surface area (Å²) < 4.78 is 32.8. The Morgan fingerprint density at radius 2 is 2.20 bits per heavy atom. The monoisotopic (exact) mass is 318 g/mol. The lowest BCUT2D eigenvalue weighted by molar-refractivity contribution is 0.117. The molecule has 5 nitrogen and oxygen atoms in total. The van der Waals surface area contributed by atoms with Crippen molar-refractivity contribution in [1.29, 1.82) is 0 Å². The molecule has 1 aromatic carbocycles. The van der Waals surface area contributed by atoms with E-state index >= 15 is 0 Å². The molecule has 7 heteroatoms. The zero-order valence-electron chi connectivity index (χ0n) is 11.5. The highest BCUT2D eigenvalue weighted by molar-refractivity contribution is 7.89. The maximum absolute atomic E-state index is 12.4. The van der Waals surface area contributed by atoms with Crippen LogP contribution >= 0.6 is 11.6 Å². The molecule has 1 saturated heterocycles. The van der Waals surface area contributed by atoms with Gasteiger partial charge in [0.05, 0.1) is 17.0 Å². The summed E-state index contributed by atoms with van der Waals surface area (Å²) >= 11 is 6.04. The van der Waals surface area contributed by atoms with Crippen LogP contribution in [-0.2, 0) is 21.3 Å². The second kappa shape index (κ2) is 6.41. The first kappa shape index (κ1) is 15.7. The van der Waals surface area contributed by atoms with Crippen LogP contribution in [0.3, 0.4) is 0 Å². The highest BCUT2D eigenvalue weighted by atomic mass is 35.5. The third kappa shape index (κ3) is 3.51. The molecule has 0 radical (unpaired) electrons. The number of ether oxygens (including phenoxy) is 1. The highest BCUT2D eigenvalue weighted by Crippen LogP contribution is 2.22. The molecule has 1 aromatic rings. The molecule has 2 unspecified atom stereocenters. The largest absolute Gasteiger partial charge is 0.377 e. The minimum Gasteiger partial charge on any atom is -0.377 e. The van der Waals surface area contributed by atoms with E-state index in [1.54, 1.807) is 19.2 Å². The molecule has 2 rings (SSSR count). The molecule has 1 aliphatic rings. The van der Waals surface area contributed by atoms with Crippen molar-refractivity contribution in [3.63, 3.8) is 0 Å². The number of halogens is 1. The van der Waals surface area contributed by atoms with E-state index in [2.05, 4.69) is 10.0 Å². The molecule has 1 fully saturated rings. The first-order chi connectivity index (χ1) is 9.44. The molecule has 0 aliphatic carbocycles. The standard InChI is InChI=1S/C13H19ClN2O3S/c1-9-13(5-6-19-9)16-20(17,18)11-3-4-12(14)10(7-11)8-15-2/h3-4,7,9,13,15-16H,5-6,8H2,1-2H3. The van der Waals surface area contributed by atoms with E-state index in [4.69, 9.17) is 16.3 Å². The van der Waals surface area contributed by atoms with Gasteiger partial charge in [-0.1, -0.05) is 11.6 Å². The fourth-order valence-corrected chi connectivity index (χ4v) is 3.77. The minimum atomic E-state index is -3.55. The zero-order chi connectivity index (χ0) is 14.8. The molecular weight excluding hydrogens is 300 g/mol. The van der Waals surface area contributed by atoms with E-state index in [-0.39, 0.29) is 17.0 Å². The van der Waals surface area contributed by atoms with Gasteiger partial charge in [-0.2, -0.15) is 0 Å². The van der Waals surface area contributed by atoms with Gasteiger partial charge in [0, 0.05) is 18.2 Å². The predicted octanol–water partition coefficient (Wildman–Crippen LogP) is 1.52. The van der Waals surface area contributed by atoms with Crippen LogP contribution in [0.1, 0.15) is 18.9 Å². The SMILES string of the molecule is CNCc1cc(S(=O)(=O)NC2CCOC2C)ccc1Cl. The van der Waals surface area contributed by atoms with Gasteiger partial charge in [0.15, 0.2) is 0 Å². The Labute approximate surface area is 124 Å². The molecule has 0 bridgehead atoms. The molecule has 2 N–H and O–H groups in total. The number of hydrogen-bond donors (Lipinski definition) is 2. The lowest BCUT2D eigenvalue weighted by Gasteiger charge is -2.16. The van der Waals surface area contributed by atoms with E-state index < -0.39 is 10.0 Å².